The van der Waals surface area contributed by atoms with Crippen LogP contribution in [-0.2, 0) is 18.1 Å². The van der Waals surface area contributed by atoms with Crippen LogP contribution < -0.4 is 0 Å². The van der Waals surface area contributed by atoms with Gasteiger partial charge in [-0.1, -0.05) is 92.9 Å². The third-order valence-corrected chi connectivity index (χ3v) is 7.52. The highest BCUT2D eigenvalue weighted by Gasteiger charge is 2.34. The summed E-state index contributed by atoms with van der Waals surface area (Å²) >= 11 is 0. The minimum atomic E-state index is -3.82. The number of rotatable bonds is 21. The Bertz CT molecular complexity index is 408. The number of aliphatic hydroxyl groups is 1. The molecule has 0 aromatic heterocycles. The molecule has 4 unspecified atom stereocenters. The molecule has 5 nitrogen and oxygen atoms in total. The van der Waals surface area contributed by atoms with Crippen LogP contribution in [0, 0.1) is 17.8 Å². The van der Waals surface area contributed by atoms with E-state index in [9.17, 15) is 9.67 Å². The smallest absolute Gasteiger partial charge is 0.367 e. The third kappa shape index (κ3) is 13.5. The average Bonchev–Trinajstić information content (AvgIpc) is 2.74. The number of aliphatic hydroxyl groups excluding tert-OH is 1. The highest BCUT2D eigenvalue weighted by molar-refractivity contribution is 7.48. The molecule has 0 bridgehead atoms. The topological polar surface area (TPSA) is 65.0 Å². The Morgan fingerprint density at radius 3 is 1.50 bits per heavy atom. The number of unbranched alkanes of at least 4 members (excludes halogenated alkanes) is 3. The molecule has 0 radical (unpaired) electrons. The predicted molar refractivity (Wildman–Crippen MR) is 127 cm³/mol. The van der Waals surface area contributed by atoms with Gasteiger partial charge >= 0.3 is 7.82 Å². The molecule has 182 valence electrons. The van der Waals surface area contributed by atoms with Gasteiger partial charge in [-0.15, -0.1) is 0 Å². The third-order valence-electron chi connectivity index (χ3n) is 6.12. The maximum atomic E-state index is 13.5. The number of phosphoric ester groups is 1. The molecule has 0 aliphatic carbocycles. The van der Waals surface area contributed by atoms with Gasteiger partial charge in [-0.2, -0.15) is 0 Å². The maximum absolute atomic E-state index is 13.5. The first kappa shape index (κ1) is 30.1. The number of phosphoric acid groups is 1. The van der Waals surface area contributed by atoms with E-state index < -0.39 is 14.1 Å². The molecule has 0 amide bonds. The van der Waals surface area contributed by atoms with Crippen LogP contribution in [0.15, 0.2) is 0 Å². The molecule has 0 saturated heterocycles. The van der Waals surface area contributed by atoms with E-state index in [2.05, 4.69) is 34.6 Å². The van der Waals surface area contributed by atoms with Crippen molar-refractivity contribution in [3.63, 3.8) is 0 Å². The normalized spacial score (nSPS) is 18.0. The fourth-order valence-electron chi connectivity index (χ4n) is 3.52. The van der Waals surface area contributed by atoms with Crippen molar-refractivity contribution in [1.82, 2.24) is 0 Å². The van der Waals surface area contributed by atoms with Crippen LogP contribution >= 0.6 is 7.82 Å². The number of hydrogen-bond donors (Lipinski definition) is 1. The van der Waals surface area contributed by atoms with Crippen molar-refractivity contribution in [3.05, 3.63) is 0 Å². The summed E-state index contributed by atoms with van der Waals surface area (Å²) in [6, 6.07) is 0. The summed E-state index contributed by atoms with van der Waals surface area (Å²) in [6.07, 6.45) is 11.1. The van der Waals surface area contributed by atoms with Gasteiger partial charge in [0, 0.05) is 5.92 Å². The van der Waals surface area contributed by atoms with E-state index in [1.165, 1.54) is 0 Å². The standard InChI is InChI=1S/C24H51O5P/c1-7-13-16-21(10-4)19-27-30(26,28-20-22(11-5)17-14-8-2)29-24(25)23(12-6)18-15-9-3/h21-25H,7-20H2,1-6H3. The largest absolute Gasteiger partial charge is 0.477 e. The van der Waals surface area contributed by atoms with Gasteiger partial charge in [0.2, 0.25) is 0 Å². The highest BCUT2D eigenvalue weighted by atomic mass is 31.2. The van der Waals surface area contributed by atoms with Gasteiger partial charge in [0.15, 0.2) is 6.29 Å². The van der Waals surface area contributed by atoms with E-state index in [1.807, 2.05) is 6.92 Å². The molecule has 4 atom stereocenters. The van der Waals surface area contributed by atoms with Gasteiger partial charge in [0.25, 0.3) is 0 Å². The molecule has 0 rings (SSSR count). The van der Waals surface area contributed by atoms with Crippen molar-refractivity contribution in [2.24, 2.45) is 17.8 Å². The minimum absolute atomic E-state index is 0.0606. The summed E-state index contributed by atoms with van der Waals surface area (Å²) < 4.78 is 30.7. The Morgan fingerprint density at radius 1 is 0.700 bits per heavy atom. The van der Waals surface area contributed by atoms with E-state index in [0.29, 0.717) is 25.0 Å². The Morgan fingerprint density at radius 2 is 1.13 bits per heavy atom. The summed E-state index contributed by atoms with van der Waals surface area (Å²) in [7, 11) is -3.82. The number of hydrogen-bond acceptors (Lipinski definition) is 5. The van der Waals surface area contributed by atoms with Gasteiger partial charge in [0.05, 0.1) is 13.2 Å². The van der Waals surface area contributed by atoms with Crippen molar-refractivity contribution in [1.29, 1.82) is 0 Å². The van der Waals surface area contributed by atoms with E-state index >= 15 is 0 Å². The molecule has 0 spiro atoms. The van der Waals surface area contributed by atoms with Crippen molar-refractivity contribution in [2.45, 2.75) is 125 Å². The van der Waals surface area contributed by atoms with E-state index in [-0.39, 0.29) is 5.92 Å². The minimum Gasteiger partial charge on any atom is -0.367 e. The Balaban J connectivity index is 5.13. The molecule has 0 saturated carbocycles. The summed E-state index contributed by atoms with van der Waals surface area (Å²) in [5, 5.41) is 10.6. The SMILES string of the molecule is CCCCC(CC)COP(=O)(OCC(CC)CCCC)OC(O)C(CC)CCCC. The van der Waals surface area contributed by atoms with Crippen LogP contribution in [0.2, 0.25) is 0 Å². The molecule has 1 N–H and O–H groups in total. The molecular weight excluding hydrogens is 399 g/mol. The Hall–Kier alpha value is 0.0700. The molecule has 0 aromatic carbocycles. The van der Waals surface area contributed by atoms with Crippen LogP contribution in [0.3, 0.4) is 0 Å². The lowest BCUT2D eigenvalue weighted by Gasteiger charge is -2.28. The second-order valence-corrected chi connectivity index (χ2v) is 10.3. The fraction of sp³-hybridized carbons (Fsp3) is 1.00. The average molecular weight is 451 g/mol. The van der Waals surface area contributed by atoms with Gasteiger partial charge in [0.1, 0.15) is 0 Å². The summed E-state index contributed by atoms with van der Waals surface area (Å²) in [4.78, 5) is 0. The first-order valence-corrected chi connectivity index (χ1v) is 14.1. The lowest BCUT2D eigenvalue weighted by molar-refractivity contribution is -0.0911. The van der Waals surface area contributed by atoms with Crippen molar-refractivity contribution in [2.75, 3.05) is 13.2 Å². The molecule has 0 aromatic rings. The molecule has 30 heavy (non-hydrogen) atoms. The Kier molecular flexibility index (Phi) is 18.7. The quantitative estimate of drug-likeness (QED) is 0.141. The zero-order valence-electron chi connectivity index (χ0n) is 20.7. The first-order valence-electron chi connectivity index (χ1n) is 12.6. The van der Waals surface area contributed by atoms with Crippen LogP contribution in [0.1, 0.15) is 119 Å². The summed E-state index contributed by atoms with van der Waals surface area (Å²) in [6.45, 7) is 13.4. The monoisotopic (exact) mass is 450 g/mol. The Labute approximate surface area is 187 Å². The van der Waals surface area contributed by atoms with E-state index in [1.54, 1.807) is 0 Å². The van der Waals surface area contributed by atoms with Crippen LogP contribution in [0.4, 0.5) is 0 Å². The molecule has 0 aliphatic rings. The predicted octanol–water partition coefficient (Wildman–Crippen LogP) is 8.11. The van der Waals surface area contributed by atoms with Gasteiger partial charge in [-0.3, -0.25) is 13.6 Å². The van der Waals surface area contributed by atoms with E-state index in [0.717, 1.165) is 77.0 Å². The van der Waals surface area contributed by atoms with Crippen molar-refractivity contribution >= 4 is 7.82 Å². The molecule has 0 aliphatic heterocycles. The van der Waals surface area contributed by atoms with E-state index in [4.69, 9.17) is 13.6 Å². The second kappa shape index (κ2) is 18.6. The second-order valence-electron chi connectivity index (χ2n) is 8.68. The van der Waals surface area contributed by atoms with Crippen LogP contribution in [0.25, 0.3) is 0 Å². The summed E-state index contributed by atoms with van der Waals surface area (Å²) in [5.74, 6) is 0.591. The molecule has 0 fully saturated rings. The van der Waals surface area contributed by atoms with Gasteiger partial charge in [-0.25, -0.2) is 4.57 Å². The van der Waals surface area contributed by atoms with Gasteiger partial charge in [-0.05, 0) is 37.5 Å². The molecule has 6 heteroatoms. The highest BCUT2D eigenvalue weighted by Crippen LogP contribution is 2.52. The lowest BCUT2D eigenvalue weighted by Crippen LogP contribution is -2.24. The lowest BCUT2D eigenvalue weighted by atomic mass is 9.99. The zero-order chi connectivity index (χ0) is 22.8. The fourth-order valence-corrected chi connectivity index (χ4v) is 4.94. The first-order chi connectivity index (χ1) is 14.4. The van der Waals surface area contributed by atoms with Crippen molar-refractivity contribution < 1.29 is 23.2 Å². The zero-order valence-corrected chi connectivity index (χ0v) is 21.6. The van der Waals surface area contributed by atoms with Crippen LogP contribution in [0.5, 0.6) is 0 Å². The summed E-state index contributed by atoms with van der Waals surface area (Å²) in [5.41, 5.74) is 0. The van der Waals surface area contributed by atoms with Gasteiger partial charge < -0.3 is 5.11 Å². The molecule has 0 heterocycles. The maximum Gasteiger partial charge on any atom is 0.477 e. The van der Waals surface area contributed by atoms with Crippen molar-refractivity contribution in [3.8, 4) is 0 Å². The van der Waals surface area contributed by atoms with Crippen LogP contribution in [-0.4, -0.2) is 24.6 Å². The molecular formula is C24H51O5P.